The van der Waals surface area contributed by atoms with Gasteiger partial charge in [0, 0.05) is 17.5 Å². The number of hydrogen-bond acceptors (Lipinski definition) is 3. The molecule has 0 fully saturated rings. The van der Waals surface area contributed by atoms with Crippen LogP contribution < -0.4 is 4.74 Å². The third-order valence-corrected chi connectivity index (χ3v) is 5.90. The van der Waals surface area contributed by atoms with E-state index in [-0.39, 0.29) is 12.3 Å². The molecule has 0 bridgehead atoms. The smallest absolute Gasteiger partial charge is 0.214 e. The van der Waals surface area contributed by atoms with Gasteiger partial charge in [0.2, 0.25) is 6.23 Å². The van der Waals surface area contributed by atoms with Crippen LogP contribution in [0.4, 0.5) is 0 Å². The lowest BCUT2D eigenvalue weighted by molar-refractivity contribution is -0.0180. The molecule has 4 aromatic carbocycles. The van der Waals surface area contributed by atoms with E-state index in [0.29, 0.717) is 0 Å². The van der Waals surface area contributed by atoms with Crippen LogP contribution in [0.15, 0.2) is 102 Å². The Morgan fingerprint density at radius 1 is 0.724 bits per heavy atom. The van der Waals surface area contributed by atoms with E-state index >= 15 is 0 Å². The molecule has 0 saturated heterocycles. The summed E-state index contributed by atoms with van der Waals surface area (Å²) < 4.78 is 6.54. The highest BCUT2D eigenvalue weighted by Crippen LogP contribution is 2.48. The molecule has 2 heterocycles. The number of ether oxygens (including phenoxy) is 1. The first kappa shape index (κ1) is 16.4. The normalized spacial score (nSPS) is 20.0. The zero-order chi connectivity index (χ0) is 19.2. The Hall–Kier alpha value is -3.59. The summed E-state index contributed by atoms with van der Waals surface area (Å²) in [4.78, 5) is 0. The second-order valence-corrected chi connectivity index (χ2v) is 7.59. The number of hydrazone groups is 1. The van der Waals surface area contributed by atoms with Crippen LogP contribution in [-0.2, 0) is 0 Å². The standard InChI is InChI=1S/C26H20N2O/c1-2-10-19(11-3-1)23-17-24-22-14-6-7-16-25(22)29-26(28(24)27-23)21-15-8-12-18-9-4-5-13-20(18)21/h1-16,24,26H,17H2/t24-,26+/m1/s1. The fourth-order valence-corrected chi connectivity index (χ4v) is 4.51. The van der Waals surface area contributed by atoms with Crippen molar-refractivity contribution in [3.05, 3.63) is 114 Å². The van der Waals surface area contributed by atoms with Gasteiger partial charge in [0.05, 0.1) is 11.8 Å². The second-order valence-electron chi connectivity index (χ2n) is 7.59. The fraction of sp³-hybridized carbons (Fsp3) is 0.115. The Labute approximate surface area is 169 Å². The molecule has 0 radical (unpaired) electrons. The molecule has 2 aliphatic heterocycles. The van der Waals surface area contributed by atoms with Crippen LogP contribution in [-0.4, -0.2) is 10.7 Å². The van der Waals surface area contributed by atoms with E-state index in [2.05, 4.69) is 89.9 Å². The lowest BCUT2D eigenvalue weighted by Gasteiger charge is -2.38. The largest absolute Gasteiger partial charge is 0.464 e. The van der Waals surface area contributed by atoms with E-state index < -0.39 is 0 Å². The second kappa shape index (κ2) is 6.49. The van der Waals surface area contributed by atoms with Crippen LogP contribution in [0.2, 0.25) is 0 Å². The monoisotopic (exact) mass is 376 g/mol. The zero-order valence-corrected chi connectivity index (χ0v) is 15.9. The van der Waals surface area contributed by atoms with E-state index in [1.807, 2.05) is 12.1 Å². The summed E-state index contributed by atoms with van der Waals surface area (Å²) in [5.41, 5.74) is 4.65. The SMILES string of the molecule is c1ccc(C2=NN3[C@H](C2)c2ccccc2O[C@H]3c2cccc3ccccc23)cc1. The molecule has 0 amide bonds. The topological polar surface area (TPSA) is 24.8 Å². The summed E-state index contributed by atoms with van der Waals surface area (Å²) >= 11 is 0. The van der Waals surface area contributed by atoms with Crippen molar-refractivity contribution in [2.24, 2.45) is 5.10 Å². The van der Waals surface area contributed by atoms with Crippen molar-refractivity contribution in [2.45, 2.75) is 18.7 Å². The maximum absolute atomic E-state index is 6.54. The van der Waals surface area contributed by atoms with Gasteiger partial charge >= 0.3 is 0 Å². The highest BCUT2D eigenvalue weighted by molar-refractivity contribution is 6.02. The fourth-order valence-electron chi connectivity index (χ4n) is 4.51. The van der Waals surface area contributed by atoms with Crippen molar-refractivity contribution in [3.63, 3.8) is 0 Å². The summed E-state index contributed by atoms with van der Waals surface area (Å²) in [6.07, 6.45) is 0.633. The maximum Gasteiger partial charge on any atom is 0.214 e. The Bertz CT molecular complexity index is 1230. The molecule has 0 aromatic heterocycles. The minimum absolute atomic E-state index is 0.180. The predicted molar refractivity (Wildman–Crippen MR) is 116 cm³/mol. The molecule has 0 saturated carbocycles. The molecule has 0 N–H and O–H groups in total. The molecule has 3 heteroatoms. The number of para-hydroxylation sites is 1. The zero-order valence-electron chi connectivity index (χ0n) is 15.9. The Kier molecular flexibility index (Phi) is 3.66. The Morgan fingerprint density at radius 3 is 2.38 bits per heavy atom. The molecule has 6 rings (SSSR count). The quantitative estimate of drug-likeness (QED) is 0.423. The summed E-state index contributed by atoms with van der Waals surface area (Å²) in [5.74, 6) is 0.955. The summed E-state index contributed by atoms with van der Waals surface area (Å²) in [5, 5.41) is 9.66. The van der Waals surface area contributed by atoms with E-state index in [1.165, 1.54) is 21.9 Å². The molecule has 0 unspecified atom stereocenters. The molecule has 4 aromatic rings. The lowest BCUT2D eigenvalue weighted by Crippen LogP contribution is -2.33. The molecular weight excluding hydrogens is 356 g/mol. The molecular formula is C26H20N2O. The minimum Gasteiger partial charge on any atom is -0.464 e. The number of fused-ring (bicyclic) bond motifs is 4. The van der Waals surface area contributed by atoms with Gasteiger partial charge in [-0.25, -0.2) is 5.01 Å². The van der Waals surface area contributed by atoms with Gasteiger partial charge in [-0.3, -0.25) is 0 Å². The van der Waals surface area contributed by atoms with Crippen LogP contribution >= 0.6 is 0 Å². The highest BCUT2D eigenvalue weighted by atomic mass is 16.5. The van der Waals surface area contributed by atoms with Crippen molar-refractivity contribution in [1.29, 1.82) is 0 Å². The van der Waals surface area contributed by atoms with Gasteiger partial charge in [-0.1, -0.05) is 91.0 Å². The Balaban J connectivity index is 1.52. The molecule has 2 aliphatic rings. The number of nitrogens with zero attached hydrogens (tertiary/aromatic N) is 2. The summed E-state index contributed by atoms with van der Waals surface area (Å²) in [6.45, 7) is 0. The number of rotatable bonds is 2. The molecule has 0 aliphatic carbocycles. The van der Waals surface area contributed by atoms with Crippen molar-refractivity contribution in [2.75, 3.05) is 0 Å². The van der Waals surface area contributed by atoms with Gasteiger partial charge in [-0.05, 0) is 22.4 Å². The lowest BCUT2D eigenvalue weighted by atomic mass is 9.95. The highest BCUT2D eigenvalue weighted by Gasteiger charge is 2.41. The first-order valence-electron chi connectivity index (χ1n) is 10.0. The van der Waals surface area contributed by atoms with Gasteiger partial charge in [-0.2, -0.15) is 5.10 Å². The third kappa shape index (κ3) is 2.62. The van der Waals surface area contributed by atoms with E-state index in [0.717, 1.165) is 23.4 Å². The van der Waals surface area contributed by atoms with Crippen LogP contribution in [0.3, 0.4) is 0 Å². The van der Waals surface area contributed by atoms with Crippen LogP contribution in [0.25, 0.3) is 10.8 Å². The van der Waals surface area contributed by atoms with Crippen molar-refractivity contribution in [3.8, 4) is 5.75 Å². The molecule has 140 valence electrons. The first-order valence-corrected chi connectivity index (χ1v) is 10.0. The van der Waals surface area contributed by atoms with E-state index in [4.69, 9.17) is 9.84 Å². The van der Waals surface area contributed by atoms with Gasteiger partial charge in [-0.15, -0.1) is 0 Å². The molecule has 2 atom stereocenters. The van der Waals surface area contributed by atoms with Crippen LogP contribution in [0.5, 0.6) is 5.75 Å². The van der Waals surface area contributed by atoms with Crippen molar-refractivity contribution >= 4 is 16.5 Å². The first-order chi connectivity index (χ1) is 14.4. The average Bonchev–Trinajstić information content (AvgIpc) is 3.25. The molecule has 29 heavy (non-hydrogen) atoms. The van der Waals surface area contributed by atoms with Crippen molar-refractivity contribution < 1.29 is 4.74 Å². The predicted octanol–water partition coefficient (Wildman–Crippen LogP) is 6.08. The summed E-state index contributed by atoms with van der Waals surface area (Å²) in [6, 6.07) is 33.9. The van der Waals surface area contributed by atoms with Gasteiger partial charge in [0.1, 0.15) is 5.75 Å². The van der Waals surface area contributed by atoms with E-state index in [9.17, 15) is 0 Å². The van der Waals surface area contributed by atoms with Crippen LogP contribution in [0.1, 0.15) is 35.4 Å². The number of hydrogen-bond donors (Lipinski definition) is 0. The maximum atomic E-state index is 6.54. The minimum atomic E-state index is -0.248. The Morgan fingerprint density at radius 2 is 1.45 bits per heavy atom. The van der Waals surface area contributed by atoms with Crippen molar-refractivity contribution in [1.82, 2.24) is 5.01 Å². The van der Waals surface area contributed by atoms with Gasteiger partial charge in [0.15, 0.2) is 0 Å². The molecule has 3 nitrogen and oxygen atoms in total. The van der Waals surface area contributed by atoms with Crippen LogP contribution in [0, 0.1) is 0 Å². The number of benzene rings is 4. The van der Waals surface area contributed by atoms with E-state index in [1.54, 1.807) is 0 Å². The molecule has 0 spiro atoms. The van der Waals surface area contributed by atoms with Gasteiger partial charge < -0.3 is 4.74 Å². The van der Waals surface area contributed by atoms with Gasteiger partial charge in [0.25, 0.3) is 0 Å². The average molecular weight is 376 g/mol. The summed E-state index contributed by atoms with van der Waals surface area (Å²) in [7, 11) is 0. The third-order valence-electron chi connectivity index (χ3n) is 5.90.